The molecular formula is C22H24N4OS. The molecule has 1 N–H and O–H groups in total. The quantitative estimate of drug-likeness (QED) is 0.668. The van der Waals surface area contributed by atoms with Gasteiger partial charge in [-0.2, -0.15) is 5.10 Å². The van der Waals surface area contributed by atoms with E-state index in [4.69, 9.17) is 5.10 Å². The van der Waals surface area contributed by atoms with Gasteiger partial charge >= 0.3 is 0 Å². The first-order valence-electron chi connectivity index (χ1n) is 10.0. The summed E-state index contributed by atoms with van der Waals surface area (Å²) < 4.78 is 1.87. The standard InChI is InChI=1S/C22H24N4OS/c27-22(15-25-12-4-8-19(25)20-9-5-13-28-20)23-21-14-18(16-10-11-16)24-26(21)17-6-2-1-3-7-17/h1-3,5-7,9,13-14,16,19H,4,8,10-12,15H2,(H,23,27)/t19-/m1/s1. The van der Waals surface area contributed by atoms with Crippen molar-refractivity contribution in [2.24, 2.45) is 0 Å². The number of aromatic nitrogens is 2. The summed E-state index contributed by atoms with van der Waals surface area (Å²) in [7, 11) is 0. The molecule has 3 aromatic rings. The highest BCUT2D eigenvalue weighted by Crippen LogP contribution is 2.40. The molecule has 5 nitrogen and oxygen atoms in total. The van der Waals surface area contributed by atoms with Crippen LogP contribution in [0, 0.1) is 0 Å². The van der Waals surface area contributed by atoms with Crippen molar-refractivity contribution in [2.45, 2.75) is 37.6 Å². The van der Waals surface area contributed by atoms with Crippen LogP contribution in [-0.2, 0) is 4.79 Å². The first kappa shape index (κ1) is 17.6. The number of benzene rings is 1. The molecule has 3 heterocycles. The van der Waals surface area contributed by atoms with Crippen molar-refractivity contribution in [3.8, 4) is 5.69 Å². The molecule has 1 saturated heterocycles. The summed E-state index contributed by atoms with van der Waals surface area (Å²) in [6.45, 7) is 1.39. The number of hydrogen-bond acceptors (Lipinski definition) is 4. The monoisotopic (exact) mass is 392 g/mol. The minimum atomic E-state index is 0.0304. The van der Waals surface area contributed by atoms with Crippen LogP contribution in [0.1, 0.15) is 48.2 Å². The van der Waals surface area contributed by atoms with Crippen molar-refractivity contribution >= 4 is 23.1 Å². The summed E-state index contributed by atoms with van der Waals surface area (Å²) in [4.78, 5) is 16.5. The van der Waals surface area contributed by atoms with Gasteiger partial charge in [-0.3, -0.25) is 9.69 Å². The van der Waals surface area contributed by atoms with E-state index in [0.717, 1.165) is 36.6 Å². The fraction of sp³-hybridized carbons (Fsp3) is 0.364. The van der Waals surface area contributed by atoms with Crippen molar-refractivity contribution in [3.05, 3.63) is 64.5 Å². The third-order valence-corrected chi connectivity index (χ3v) is 6.55. The average Bonchev–Trinajstić information content (AvgIpc) is 3.10. The smallest absolute Gasteiger partial charge is 0.239 e. The van der Waals surface area contributed by atoms with E-state index >= 15 is 0 Å². The van der Waals surface area contributed by atoms with Crippen molar-refractivity contribution in [2.75, 3.05) is 18.4 Å². The van der Waals surface area contributed by atoms with Crippen molar-refractivity contribution < 1.29 is 4.79 Å². The summed E-state index contributed by atoms with van der Waals surface area (Å²) in [6.07, 6.45) is 4.65. The van der Waals surface area contributed by atoms with Gasteiger partial charge in [0.25, 0.3) is 0 Å². The Labute approximate surface area is 169 Å². The number of amides is 1. The van der Waals surface area contributed by atoms with Crippen molar-refractivity contribution in [1.82, 2.24) is 14.7 Å². The molecule has 1 aliphatic heterocycles. The Balaban J connectivity index is 1.33. The van der Waals surface area contributed by atoms with Crippen LogP contribution in [0.5, 0.6) is 0 Å². The molecule has 1 amide bonds. The van der Waals surface area contributed by atoms with Crippen LogP contribution >= 0.6 is 11.3 Å². The van der Waals surface area contributed by atoms with Gasteiger partial charge in [-0.25, -0.2) is 4.68 Å². The maximum Gasteiger partial charge on any atom is 0.239 e. The molecule has 1 saturated carbocycles. The fourth-order valence-corrected chi connectivity index (χ4v) is 4.91. The number of para-hydroxylation sites is 1. The van der Waals surface area contributed by atoms with Gasteiger partial charge in [0.2, 0.25) is 5.91 Å². The number of hydrogen-bond donors (Lipinski definition) is 1. The van der Waals surface area contributed by atoms with Crippen LogP contribution in [0.4, 0.5) is 5.82 Å². The Morgan fingerprint density at radius 3 is 2.75 bits per heavy atom. The zero-order valence-electron chi connectivity index (χ0n) is 15.8. The van der Waals surface area contributed by atoms with Crippen LogP contribution in [0.25, 0.3) is 5.69 Å². The summed E-state index contributed by atoms with van der Waals surface area (Å²) in [5.74, 6) is 1.34. The molecular weight excluding hydrogens is 368 g/mol. The molecule has 0 radical (unpaired) electrons. The Morgan fingerprint density at radius 2 is 2.00 bits per heavy atom. The van der Waals surface area contributed by atoms with Crippen LogP contribution in [0.15, 0.2) is 53.9 Å². The zero-order valence-corrected chi connectivity index (χ0v) is 16.6. The molecule has 2 fully saturated rings. The second kappa shape index (κ2) is 7.53. The van der Waals surface area contributed by atoms with Gasteiger partial charge in [-0.05, 0) is 55.8 Å². The normalized spacial score (nSPS) is 19.8. The molecule has 0 spiro atoms. The molecule has 0 unspecified atom stereocenters. The van der Waals surface area contributed by atoms with Crippen LogP contribution < -0.4 is 5.32 Å². The van der Waals surface area contributed by atoms with E-state index in [1.807, 2.05) is 41.1 Å². The lowest BCUT2D eigenvalue weighted by Crippen LogP contribution is -2.33. The van der Waals surface area contributed by atoms with E-state index in [-0.39, 0.29) is 5.91 Å². The minimum absolute atomic E-state index is 0.0304. The fourth-order valence-electron chi connectivity index (χ4n) is 4.02. The van der Waals surface area contributed by atoms with E-state index in [9.17, 15) is 4.79 Å². The minimum Gasteiger partial charge on any atom is -0.309 e. The highest BCUT2D eigenvalue weighted by molar-refractivity contribution is 7.10. The topological polar surface area (TPSA) is 50.2 Å². The molecule has 0 bridgehead atoms. The van der Waals surface area contributed by atoms with Gasteiger partial charge in [0.05, 0.1) is 17.9 Å². The highest BCUT2D eigenvalue weighted by Gasteiger charge is 2.30. The van der Waals surface area contributed by atoms with E-state index < -0.39 is 0 Å². The van der Waals surface area contributed by atoms with Gasteiger partial charge in [0, 0.05) is 22.9 Å². The number of nitrogens with one attached hydrogen (secondary N) is 1. The van der Waals surface area contributed by atoms with Gasteiger partial charge in [-0.15, -0.1) is 11.3 Å². The van der Waals surface area contributed by atoms with Gasteiger partial charge in [0.15, 0.2) is 0 Å². The second-order valence-electron chi connectivity index (χ2n) is 7.67. The van der Waals surface area contributed by atoms with Crippen LogP contribution in [0.3, 0.4) is 0 Å². The number of rotatable bonds is 6. The summed E-state index contributed by atoms with van der Waals surface area (Å²) in [5.41, 5.74) is 2.05. The van der Waals surface area contributed by atoms with E-state index in [1.165, 1.54) is 17.7 Å². The number of thiophene rings is 1. The lowest BCUT2D eigenvalue weighted by Gasteiger charge is -2.22. The first-order valence-corrected chi connectivity index (χ1v) is 10.9. The molecule has 28 heavy (non-hydrogen) atoms. The predicted octanol–water partition coefficient (Wildman–Crippen LogP) is 4.59. The molecule has 5 rings (SSSR count). The van der Waals surface area contributed by atoms with E-state index in [1.54, 1.807) is 11.3 Å². The van der Waals surface area contributed by atoms with Crippen LogP contribution in [-0.4, -0.2) is 33.7 Å². The number of anilines is 1. The third-order valence-electron chi connectivity index (χ3n) is 5.57. The van der Waals surface area contributed by atoms with Crippen molar-refractivity contribution in [3.63, 3.8) is 0 Å². The Morgan fingerprint density at radius 1 is 1.14 bits per heavy atom. The predicted molar refractivity (Wildman–Crippen MR) is 112 cm³/mol. The third kappa shape index (κ3) is 3.62. The Hall–Kier alpha value is -2.44. The zero-order chi connectivity index (χ0) is 18.9. The average molecular weight is 393 g/mol. The summed E-state index contributed by atoms with van der Waals surface area (Å²) in [6, 6.07) is 16.7. The van der Waals surface area contributed by atoms with E-state index in [2.05, 4.69) is 27.7 Å². The molecule has 6 heteroatoms. The number of nitrogens with zero attached hydrogens (tertiary/aromatic N) is 3. The maximum absolute atomic E-state index is 12.9. The molecule has 2 aromatic heterocycles. The van der Waals surface area contributed by atoms with Gasteiger partial charge in [0.1, 0.15) is 5.82 Å². The molecule has 1 aromatic carbocycles. The van der Waals surface area contributed by atoms with Gasteiger partial charge < -0.3 is 5.32 Å². The SMILES string of the molecule is O=C(CN1CCC[C@@H]1c1cccs1)Nc1cc(C2CC2)nn1-c1ccccc1. The van der Waals surface area contributed by atoms with E-state index in [0.29, 0.717) is 18.5 Å². The number of carbonyl (C=O) groups is 1. The first-order chi connectivity index (χ1) is 13.8. The second-order valence-corrected chi connectivity index (χ2v) is 8.65. The number of likely N-dealkylation sites (tertiary alicyclic amines) is 1. The Kier molecular flexibility index (Phi) is 4.74. The molecule has 144 valence electrons. The highest BCUT2D eigenvalue weighted by atomic mass is 32.1. The lowest BCUT2D eigenvalue weighted by molar-refractivity contribution is -0.117. The van der Waals surface area contributed by atoms with Crippen molar-refractivity contribution in [1.29, 1.82) is 0 Å². The van der Waals surface area contributed by atoms with Crippen LogP contribution in [0.2, 0.25) is 0 Å². The Bertz CT molecular complexity index is 946. The maximum atomic E-state index is 12.9. The lowest BCUT2D eigenvalue weighted by atomic mass is 10.2. The molecule has 1 aliphatic carbocycles. The molecule has 1 atom stereocenters. The number of carbonyl (C=O) groups excluding carboxylic acids is 1. The van der Waals surface area contributed by atoms with Gasteiger partial charge in [-0.1, -0.05) is 24.3 Å². The summed E-state index contributed by atoms with van der Waals surface area (Å²) >= 11 is 1.78. The molecule has 2 aliphatic rings. The largest absolute Gasteiger partial charge is 0.309 e. The summed E-state index contributed by atoms with van der Waals surface area (Å²) in [5, 5.41) is 10.0.